The molecule has 0 radical (unpaired) electrons. The summed E-state index contributed by atoms with van der Waals surface area (Å²) in [5.74, 6) is -2.86. The smallest absolute Gasteiger partial charge is 0.303 e. The quantitative estimate of drug-likeness (QED) is 0.403. The van der Waals surface area contributed by atoms with E-state index >= 15 is 0 Å². The van der Waals surface area contributed by atoms with Crippen LogP contribution in [0, 0.1) is 0 Å². The lowest BCUT2D eigenvalue weighted by molar-refractivity contribution is -0.321. The summed E-state index contributed by atoms with van der Waals surface area (Å²) in [6, 6.07) is 8.93. The van der Waals surface area contributed by atoms with Gasteiger partial charge in [0, 0.05) is 33.3 Å². The van der Waals surface area contributed by atoms with E-state index in [1.807, 2.05) is 6.07 Å². The maximum atomic E-state index is 12.0. The van der Waals surface area contributed by atoms with E-state index in [2.05, 4.69) is 0 Å². The Balaban J connectivity index is 2.00. The van der Waals surface area contributed by atoms with Gasteiger partial charge in [-0.2, -0.15) is 0 Å². The van der Waals surface area contributed by atoms with Crippen LogP contribution in [0.1, 0.15) is 39.5 Å². The molecule has 1 N–H and O–H groups in total. The van der Waals surface area contributed by atoms with Crippen molar-refractivity contribution in [2.75, 3.05) is 13.2 Å². The highest BCUT2D eigenvalue weighted by molar-refractivity contribution is 5.68. The molecule has 0 bridgehead atoms. The van der Waals surface area contributed by atoms with E-state index in [1.165, 1.54) is 6.92 Å². The SMILES string of the molecule is CC(=O)OC[C@H]1O[C@@H](C2OC(c3ccccc3)OCC2O)[C@H](OC(C)=O)[C@@H](OC(C)=O)[C@@H]1OC(C)=O. The fourth-order valence-electron chi connectivity index (χ4n) is 4.16. The molecule has 3 rings (SSSR count). The molecule has 36 heavy (non-hydrogen) atoms. The summed E-state index contributed by atoms with van der Waals surface area (Å²) in [7, 11) is 0. The monoisotopic (exact) mass is 510 g/mol. The number of carbonyl (C=O) groups is 4. The van der Waals surface area contributed by atoms with Crippen LogP contribution in [-0.4, -0.2) is 84.9 Å². The average molecular weight is 510 g/mol. The maximum absolute atomic E-state index is 12.0. The molecule has 0 amide bonds. The second-order valence-corrected chi connectivity index (χ2v) is 8.41. The van der Waals surface area contributed by atoms with Crippen molar-refractivity contribution in [3.8, 4) is 0 Å². The number of hydrogen-bond donors (Lipinski definition) is 1. The Labute approximate surface area is 207 Å². The maximum Gasteiger partial charge on any atom is 0.303 e. The lowest BCUT2D eigenvalue weighted by Gasteiger charge is -2.48. The second kappa shape index (κ2) is 12.3. The highest BCUT2D eigenvalue weighted by Crippen LogP contribution is 2.36. The van der Waals surface area contributed by atoms with Gasteiger partial charge in [-0.25, -0.2) is 0 Å². The molecule has 2 saturated heterocycles. The first-order valence-corrected chi connectivity index (χ1v) is 11.4. The Morgan fingerprint density at radius 1 is 0.806 bits per heavy atom. The molecule has 198 valence electrons. The molecule has 2 aliphatic heterocycles. The van der Waals surface area contributed by atoms with Gasteiger partial charge in [0.1, 0.15) is 31.0 Å². The molecule has 0 aliphatic carbocycles. The van der Waals surface area contributed by atoms with Crippen molar-refractivity contribution in [3.05, 3.63) is 35.9 Å². The normalized spacial score (nSPS) is 32.1. The molecule has 1 aromatic carbocycles. The number of benzene rings is 1. The first-order valence-electron chi connectivity index (χ1n) is 11.4. The van der Waals surface area contributed by atoms with Gasteiger partial charge in [-0.1, -0.05) is 30.3 Å². The first-order chi connectivity index (χ1) is 17.1. The number of aliphatic hydroxyl groups excluding tert-OH is 1. The standard InChI is InChI=1S/C24H30O12/c1-12(25)30-11-18-20(32-13(2)26)22(33-14(3)27)23(34-15(4)28)21(35-18)19-17(29)10-31-24(36-19)16-8-6-5-7-9-16/h5-9,17-24,29H,10-11H2,1-4H3/t17?,18-,19?,20-,21+,22+,23+,24?/m1/s1. The summed E-state index contributed by atoms with van der Waals surface area (Å²) in [4.78, 5) is 47.4. The summed E-state index contributed by atoms with van der Waals surface area (Å²) in [5.41, 5.74) is 0.667. The molecule has 8 atom stereocenters. The summed E-state index contributed by atoms with van der Waals surface area (Å²) in [6.45, 7) is 4.07. The Bertz CT molecular complexity index is 934. The zero-order chi connectivity index (χ0) is 26.4. The molecule has 2 fully saturated rings. The lowest BCUT2D eigenvalue weighted by atomic mass is 9.89. The molecule has 3 unspecified atom stereocenters. The van der Waals surface area contributed by atoms with Gasteiger partial charge in [0.25, 0.3) is 0 Å². The van der Waals surface area contributed by atoms with Crippen molar-refractivity contribution in [3.63, 3.8) is 0 Å². The van der Waals surface area contributed by atoms with Gasteiger partial charge in [0.05, 0.1) is 6.61 Å². The van der Waals surface area contributed by atoms with Crippen molar-refractivity contribution in [1.82, 2.24) is 0 Å². The molecule has 2 aliphatic rings. The number of ether oxygens (including phenoxy) is 7. The second-order valence-electron chi connectivity index (χ2n) is 8.41. The van der Waals surface area contributed by atoms with Crippen molar-refractivity contribution in [1.29, 1.82) is 0 Å². The summed E-state index contributed by atoms with van der Waals surface area (Å²) in [5, 5.41) is 10.8. The minimum Gasteiger partial charge on any atom is -0.463 e. The zero-order valence-corrected chi connectivity index (χ0v) is 20.4. The lowest BCUT2D eigenvalue weighted by Crippen LogP contribution is -2.67. The van der Waals surface area contributed by atoms with E-state index in [-0.39, 0.29) is 13.2 Å². The number of rotatable bonds is 7. The van der Waals surface area contributed by atoms with Gasteiger partial charge >= 0.3 is 23.9 Å². The Morgan fingerprint density at radius 3 is 1.97 bits per heavy atom. The van der Waals surface area contributed by atoms with Crippen LogP contribution in [0.4, 0.5) is 0 Å². The summed E-state index contributed by atoms with van der Waals surface area (Å²) < 4.78 is 39.1. The summed E-state index contributed by atoms with van der Waals surface area (Å²) in [6.07, 6.45) is -9.62. The number of hydrogen-bond acceptors (Lipinski definition) is 12. The van der Waals surface area contributed by atoms with E-state index < -0.39 is 72.9 Å². The largest absolute Gasteiger partial charge is 0.463 e. The highest BCUT2D eigenvalue weighted by atomic mass is 16.7. The number of aliphatic hydroxyl groups is 1. The van der Waals surface area contributed by atoms with Crippen LogP contribution in [-0.2, 0) is 52.3 Å². The van der Waals surface area contributed by atoms with E-state index in [0.29, 0.717) is 5.56 Å². The highest BCUT2D eigenvalue weighted by Gasteiger charge is 2.56. The van der Waals surface area contributed by atoms with Gasteiger partial charge in [-0.15, -0.1) is 0 Å². The Morgan fingerprint density at radius 2 is 1.39 bits per heavy atom. The van der Waals surface area contributed by atoms with Gasteiger partial charge in [-0.3, -0.25) is 19.2 Å². The molecule has 1 aromatic rings. The predicted molar refractivity (Wildman–Crippen MR) is 118 cm³/mol. The minimum absolute atomic E-state index is 0.142. The third-order valence-electron chi connectivity index (χ3n) is 5.50. The molecular weight excluding hydrogens is 480 g/mol. The fraction of sp³-hybridized carbons (Fsp3) is 0.583. The van der Waals surface area contributed by atoms with Crippen LogP contribution in [0.2, 0.25) is 0 Å². The van der Waals surface area contributed by atoms with Gasteiger partial charge in [-0.05, 0) is 0 Å². The number of carbonyl (C=O) groups excluding carboxylic acids is 4. The van der Waals surface area contributed by atoms with Crippen molar-refractivity contribution >= 4 is 23.9 Å². The average Bonchev–Trinajstić information content (AvgIpc) is 2.80. The third kappa shape index (κ3) is 7.00. The molecule has 2 heterocycles. The predicted octanol–water partition coefficient (Wildman–Crippen LogP) is 0.587. The fourth-order valence-corrected chi connectivity index (χ4v) is 4.16. The molecule has 0 aromatic heterocycles. The molecular formula is C24H30O12. The van der Waals surface area contributed by atoms with Gasteiger partial charge < -0.3 is 38.3 Å². The van der Waals surface area contributed by atoms with Crippen LogP contribution < -0.4 is 0 Å². The van der Waals surface area contributed by atoms with E-state index in [1.54, 1.807) is 24.3 Å². The van der Waals surface area contributed by atoms with Crippen LogP contribution in [0.5, 0.6) is 0 Å². The van der Waals surface area contributed by atoms with E-state index in [9.17, 15) is 24.3 Å². The zero-order valence-electron chi connectivity index (χ0n) is 20.4. The third-order valence-corrected chi connectivity index (χ3v) is 5.50. The van der Waals surface area contributed by atoms with Crippen LogP contribution >= 0.6 is 0 Å². The molecule has 0 saturated carbocycles. The minimum atomic E-state index is -1.36. The Hall–Kier alpha value is -3.06. The molecule has 12 heteroatoms. The van der Waals surface area contributed by atoms with Gasteiger partial charge in [0.2, 0.25) is 0 Å². The topological polar surface area (TPSA) is 153 Å². The van der Waals surface area contributed by atoms with Crippen molar-refractivity contribution < 1.29 is 57.4 Å². The molecule has 0 spiro atoms. The van der Waals surface area contributed by atoms with Crippen LogP contribution in [0.3, 0.4) is 0 Å². The van der Waals surface area contributed by atoms with Crippen molar-refractivity contribution in [2.45, 2.75) is 76.7 Å². The summed E-state index contributed by atoms with van der Waals surface area (Å²) >= 11 is 0. The first kappa shape index (κ1) is 27.5. The number of esters is 4. The van der Waals surface area contributed by atoms with E-state index in [4.69, 9.17) is 33.2 Å². The molecule has 12 nitrogen and oxygen atoms in total. The van der Waals surface area contributed by atoms with Crippen molar-refractivity contribution in [2.24, 2.45) is 0 Å². The van der Waals surface area contributed by atoms with E-state index in [0.717, 1.165) is 20.8 Å². The van der Waals surface area contributed by atoms with Crippen LogP contribution in [0.15, 0.2) is 30.3 Å². The van der Waals surface area contributed by atoms with Crippen LogP contribution in [0.25, 0.3) is 0 Å². The Kier molecular flexibility index (Phi) is 9.37. The van der Waals surface area contributed by atoms with Gasteiger partial charge in [0.15, 0.2) is 24.6 Å².